The van der Waals surface area contributed by atoms with Gasteiger partial charge in [0.2, 0.25) is 0 Å². The molecule has 3 atom stereocenters. The Morgan fingerprint density at radius 3 is 2.37 bits per heavy atom. The van der Waals surface area contributed by atoms with Crippen molar-refractivity contribution in [2.45, 2.75) is 58.2 Å². The summed E-state index contributed by atoms with van der Waals surface area (Å²) in [4.78, 5) is 0. The lowest BCUT2D eigenvalue weighted by atomic mass is 9.85. The van der Waals surface area contributed by atoms with Crippen molar-refractivity contribution in [3.63, 3.8) is 0 Å². The van der Waals surface area contributed by atoms with E-state index < -0.39 is 0 Å². The lowest BCUT2D eigenvalue weighted by Crippen LogP contribution is -2.28. The van der Waals surface area contributed by atoms with E-state index in [0.29, 0.717) is 0 Å². The molecule has 1 aliphatic heterocycles. The van der Waals surface area contributed by atoms with E-state index in [4.69, 9.17) is 4.74 Å². The van der Waals surface area contributed by atoms with Crippen LogP contribution in [0.2, 0.25) is 0 Å². The molecule has 0 saturated carbocycles. The summed E-state index contributed by atoms with van der Waals surface area (Å²) in [5, 5.41) is 10.3. The molecule has 0 aromatic heterocycles. The second kappa shape index (κ2) is 5.64. The van der Waals surface area contributed by atoms with Crippen molar-refractivity contribution in [2.75, 3.05) is 6.61 Å². The Balaban J connectivity index is 1.99. The Bertz CT molecular complexity index is 402. The second-order valence-electron chi connectivity index (χ2n) is 6.75. The third kappa shape index (κ3) is 3.58. The van der Waals surface area contributed by atoms with Crippen LogP contribution in [0.5, 0.6) is 0 Å². The van der Waals surface area contributed by atoms with E-state index >= 15 is 0 Å². The molecule has 1 aliphatic rings. The van der Waals surface area contributed by atoms with E-state index in [-0.39, 0.29) is 23.5 Å². The van der Waals surface area contributed by atoms with Gasteiger partial charge >= 0.3 is 0 Å². The highest BCUT2D eigenvalue weighted by atomic mass is 16.5. The van der Waals surface area contributed by atoms with Crippen LogP contribution in [0.3, 0.4) is 0 Å². The number of aliphatic hydroxyl groups excluding tert-OH is 1. The molecule has 1 heterocycles. The molecule has 3 unspecified atom stereocenters. The van der Waals surface area contributed by atoms with Gasteiger partial charge in [-0.05, 0) is 36.3 Å². The fraction of sp³-hybridized carbons (Fsp3) is 0.647. The lowest BCUT2D eigenvalue weighted by Gasteiger charge is -2.22. The van der Waals surface area contributed by atoms with Gasteiger partial charge in [0.1, 0.15) is 0 Å². The van der Waals surface area contributed by atoms with Crippen LogP contribution in [0.1, 0.15) is 45.2 Å². The summed E-state index contributed by atoms with van der Waals surface area (Å²) in [5.74, 6) is 0.280. The molecule has 106 valence electrons. The van der Waals surface area contributed by atoms with Crippen LogP contribution in [0.4, 0.5) is 0 Å². The van der Waals surface area contributed by atoms with E-state index in [1.54, 1.807) is 0 Å². The zero-order valence-corrected chi connectivity index (χ0v) is 12.5. The number of rotatable bonds is 3. The van der Waals surface area contributed by atoms with Crippen molar-refractivity contribution in [3.05, 3.63) is 35.4 Å². The van der Waals surface area contributed by atoms with E-state index in [9.17, 15) is 5.11 Å². The molecule has 1 fully saturated rings. The number of hydrogen-bond donors (Lipinski definition) is 1. The van der Waals surface area contributed by atoms with Crippen LogP contribution < -0.4 is 0 Å². The summed E-state index contributed by atoms with van der Waals surface area (Å²) >= 11 is 0. The molecule has 0 amide bonds. The van der Waals surface area contributed by atoms with Gasteiger partial charge in [0.15, 0.2) is 0 Å². The Morgan fingerprint density at radius 2 is 1.89 bits per heavy atom. The lowest BCUT2D eigenvalue weighted by molar-refractivity contribution is 0.0441. The largest absolute Gasteiger partial charge is 0.392 e. The zero-order valence-electron chi connectivity index (χ0n) is 12.5. The first-order chi connectivity index (χ1) is 8.88. The van der Waals surface area contributed by atoms with Crippen LogP contribution in [-0.4, -0.2) is 23.9 Å². The summed E-state index contributed by atoms with van der Waals surface area (Å²) in [5.41, 5.74) is 2.73. The molecule has 0 aliphatic carbocycles. The summed E-state index contributed by atoms with van der Waals surface area (Å²) in [6, 6.07) is 8.64. The molecule has 0 radical (unpaired) electrons. The van der Waals surface area contributed by atoms with Gasteiger partial charge in [-0.1, -0.05) is 45.0 Å². The van der Waals surface area contributed by atoms with E-state index in [0.717, 1.165) is 19.4 Å². The Kier molecular flexibility index (Phi) is 4.32. The van der Waals surface area contributed by atoms with Crippen molar-refractivity contribution in [2.24, 2.45) is 5.92 Å². The van der Waals surface area contributed by atoms with E-state index in [1.807, 2.05) is 0 Å². The molecule has 2 heteroatoms. The van der Waals surface area contributed by atoms with Gasteiger partial charge in [-0.15, -0.1) is 0 Å². The van der Waals surface area contributed by atoms with Crippen molar-refractivity contribution >= 4 is 0 Å². The van der Waals surface area contributed by atoms with Crippen LogP contribution in [0.25, 0.3) is 0 Å². The number of ether oxygens (including phenoxy) is 1. The molecule has 2 rings (SSSR count). The molecule has 2 nitrogen and oxygen atoms in total. The highest BCUT2D eigenvalue weighted by Crippen LogP contribution is 2.27. The molecule has 1 aromatic carbocycles. The molecule has 1 aromatic rings. The van der Waals surface area contributed by atoms with Crippen LogP contribution in [-0.2, 0) is 16.6 Å². The van der Waals surface area contributed by atoms with Gasteiger partial charge in [-0.2, -0.15) is 0 Å². The molecular weight excluding hydrogens is 236 g/mol. The Morgan fingerprint density at radius 1 is 1.26 bits per heavy atom. The first kappa shape index (κ1) is 14.5. The van der Waals surface area contributed by atoms with E-state index in [1.165, 1.54) is 11.1 Å². The van der Waals surface area contributed by atoms with Gasteiger partial charge in [0.05, 0.1) is 12.2 Å². The first-order valence-electron chi connectivity index (χ1n) is 7.27. The van der Waals surface area contributed by atoms with Gasteiger partial charge in [0, 0.05) is 12.5 Å². The number of benzene rings is 1. The number of aliphatic hydroxyl groups is 1. The minimum atomic E-state index is -0.294. The van der Waals surface area contributed by atoms with Crippen molar-refractivity contribution in [3.8, 4) is 0 Å². The molecular formula is C17H26O2. The van der Waals surface area contributed by atoms with E-state index in [2.05, 4.69) is 52.0 Å². The minimum absolute atomic E-state index is 0.184. The summed E-state index contributed by atoms with van der Waals surface area (Å²) in [7, 11) is 0. The summed E-state index contributed by atoms with van der Waals surface area (Å²) in [6.45, 7) is 9.49. The maximum absolute atomic E-state index is 10.3. The van der Waals surface area contributed by atoms with Crippen molar-refractivity contribution < 1.29 is 9.84 Å². The normalized spacial score (nSPS) is 25.5. The van der Waals surface area contributed by atoms with Crippen LogP contribution in [0.15, 0.2) is 24.3 Å². The topological polar surface area (TPSA) is 29.5 Å². The first-order valence-corrected chi connectivity index (χ1v) is 7.27. The highest BCUT2D eigenvalue weighted by molar-refractivity contribution is 5.27. The average molecular weight is 262 g/mol. The summed E-state index contributed by atoms with van der Waals surface area (Å²) in [6.07, 6.45) is 1.59. The summed E-state index contributed by atoms with van der Waals surface area (Å²) < 4.78 is 5.53. The van der Waals surface area contributed by atoms with Crippen LogP contribution >= 0.6 is 0 Å². The van der Waals surface area contributed by atoms with Gasteiger partial charge in [-0.25, -0.2) is 0 Å². The third-order valence-electron chi connectivity index (χ3n) is 4.19. The third-order valence-corrected chi connectivity index (χ3v) is 4.19. The number of hydrogen-bond acceptors (Lipinski definition) is 2. The van der Waals surface area contributed by atoms with Gasteiger partial charge < -0.3 is 9.84 Å². The van der Waals surface area contributed by atoms with Crippen molar-refractivity contribution in [1.29, 1.82) is 0 Å². The van der Waals surface area contributed by atoms with Crippen molar-refractivity contribution in [1.82, 2.24) is 0 Å². The second-order valence-corrected chi connectivity index (χ2v) is 6.75. The quantitative estimate of drug-likeness (QED) is 0.905. The average Bonchev–Trinajstić information content (AvgIpc) is 2.75. The monoisotopic (exact) mass is 262 g/mol. The van der Waals surface area contributed by atoms with Crippen LogP contribution in [0, 0.1) is 5.92 Å². The molecule has 0 bridgehead atoms. The fourth-order valence-corrected chi connectivity index (χ4v) is 2.79. The zero-order chi connectivity index (χ0) is 14.0. The molecule has 1 saturated heterocycles. The minimum Gasteiger partial charge on any atom is -0.392 e. The molecule has 19 heavy (non-hydrogen) atoms. The maximum Gasteiger partial charge on any atom is 0.0634 e. The Labute approximate surface area is 116 Å². The van der Waals surface area contributed by atoms with Gasteiger partial charge in [0.25, 0.3) is 0 Å². The SMILES string of the molecule is CC1OCCC1C(O)Cc1ccc(C(C)(C)C)cc1. The highest BCUT2D eigenvalue weighted by Gasteiger charge is 2.30. The maximum atomic E-state index is 10.3. The predicted molar refractivity (Wildman–Crippen MR) is 78.4 cm³/mol. The standard InChI is InChI=1S/C17H26O2/c1-12-15(9-10-19-12)16(18)11-13-5-7-14(8-6-13)17(2,3)4/h5-8,12,15-16,18H,9-11H2,1-4H3. The smallest absolute Gasteiger partial charge is 0.0634 e. The molecule has 0 spiro atoms. The molecule has 1 N–H and O–H groups in total. The Hall–Kier alpha value is -0.860. The van der Waals surface area contributed by atoms with Gasteiger partial charge in [-0.3, -0.25) is 0 Å². The predicted octanol–water partition coefficient (Wildman–Crippen LogP) is 3.31. The fourth-order valence-electron chi connectivity index (χ4n) is 2.79.